The number of nitrogens with zero attached hydrogens (tertiary/aromatic N) is 4. The van der Waals surface area contributed by atoms with Crippen LogP contribution in [0.4, 0.5) is 0 Å². The molecule has 30 heavy (non-hydrogen) atoms. The van der Waals surface area contributed by atoms with Crippen LogP contribution in [0.25, 0.3) is 0 Å². The van der Waals surface area contributed by atoms with E-state index in [1.807, 2.05) is 12.1 Å². The SMILES string of the molecule is CCCN1CC=C2C(C#N)C(=N)C(C#N)(C#N)[C@@H](c3ccc(C(C)(C)C)cc3)[C@@H]2C1. The largest absolute Gasteiger partial charge is 0.305 e. The molecule has 3 rings (SSSR count). The molecule has 1 aliphatic carbocycles. The zero-order chi connectivity index (χ0) is 22.1. The summed E-state index contributed by atoms with van der Waals surface area (Å²) >= 11 is 0. The first-order valence-corrected chi connectivity index (χ1v) is 10.6. The van der Waals surface area contributed by atoms with E-state index >= 15 is 0 Å². The highest BCUT2D eigenvalue weighted by atomic mass is 15.1. The van der Waals surface area contributed by atoms with Crippen LogP contribution in [-0.4, -0.2) is 30.2 Å². The smallest absolute Gasteiger partial charge is 0.189 e. The van der Waals surface area contributed by atoms with Crippen molar-refractivity contribution in [3.8, 4) is 18.2 Å². The third-order valence-corrected chi connectivity index (χ3v) is 6.54. The minimum Gasteiger partial charge on any atom is -0.305 e. The molecule has 0 saturated heterocycles. The Kier molecular flexibility index (Phi) is 5.85. The monoisotopic (exact) mass is 399 g/mol. The summed E-state index contributed by atoms with van der Waals surface area (Å²) in [6, 6.07) is 14.7. The first kappa shape index (κ1) is 21.8. The molecule has 0 aromatic heterocycles. The fourth-order valence-corrected chi connectivity index (χ4v) is 4.93. The van der Waals surface area contributed by atoms with E-state index in [2.05, 4.69) is 69.0 Å². The summed E-state index contributed by atoms with van der Waals surface area (Å²) in [6.45, 7) is 10.9. The van der Waals surface area contributed by atoms with Gasteiger partial charge >= 0.3 is 0 Å². The first-order chi connectivity index (χ1) is 14.2. The van der Waals surface area contributed by atoms with Gasteiger partial charge in [-0.05, 0) is 35.1 Å². The molecule has 1 heterocycles. The van der Waals surface area contributed by atoms with Crippen molar-refractivity contribution < 1.29 is 0 Å². The van der Waals surface area contributed by atoms with Crippen molar-refractivity contribution in [2.45, 2.75) is 45.4 Å². The third kappa shape index (κ3) is 3.43. The fraction of sp³-hybridized carbons (Fsp3) is 0.520. The van der Waals surface area contributed by atoms with Crippen molar-refractivity contribution in [3.63, 3.8) is 0 Å². The maximum Gasteiger partial charge on any atom is 0.189 e. The highest BCUT2D eigenvalue weighted by Gasteiger charge is 2.57. The molecule has 5 nitrogen and oxygen atoms in total. The molecular weight excluding hydrogens is 370 g/mol. The Morgan fingerprint density at radius 1 is 1.13 bits per heavy atom. The second-order valence-corrected chi connectivity index (χ2v) is 9.43. The van der Waals surface area contributed by atoms with Gasteiger partial charge in [0.25, 0.3) is 0 Å². The molecule has 5 heteroatoms. The molecule has 154 valence electrons. The van der Waals surface area contributed by atoms with Crippen molar-refractivity contribution in [3.05, 3.63) is 47.0 Å². The summed E-state index contributed by atoms with van der Waals surface area (Å²) in [7, 11) is 0. The molecule has 0 spiro atoms. The van der Waals surface area contributed by atoms with Crippen molar-refractivity contribution in [1.29, 1.82) is 21.2 Å². The molecule has 1 aliphatic heterocycles. The molecule has 2 aliphatic rings. The van der Waals surface area contributed by atoms with Crippen LogP contribution in [0.2, 0.25) is 0 Å². The van der Waals surface area contributed by atoms with Crippen LogP contribution in [0.5, 0.6) is 0 Å². The number of nitrogens with one attached hydrogen (secondary N) is 1. The van der Waals surface area contributed by atoms with Crippen LogP contribution < -0.4 is 0 Å². The number of hydrogen-bond donors (Lipinski definition) is 1. The van der Waals surface area contributed by atoms with Crippen molar-refractivity contribution in [2.24, 2.45) is 17.3 Å². The average Bonchev–Trinajstić information content (AvgIpc) is 2.73. The second-order valence-electron chi connectivity index (χ2n) is 9.43. The molecule has 0 bridgehead atoms. The van der Waals surface area contributed by atoms with Crippen molar-refractivity contribution in [2.75, 3.05) is 19.6 Å². The Labute approximate surface area is 179 Å². The standard InChI is InChI=1S/C25H29N5/c1-5-11-30-12-10-19-20(13-26)23(29)25(15-27,16-28)22(21(19)14-30)17-6-8-18(9-7-17)24(2,3)4/h6-10,20-22,29H,5,11-12,14H2,1-4H3/t20?,21-,22+/m1/s1. The third-order valence-electron chi connectivity index (χ3n) is 6.54. The van der Waals surface area contributed by atoms with Crippen LogP contribution in [-0.2, 0) is 5.41 Å². The fourth-order valence-electron chi connectivity index (χ4n) is 4.93. The van der Waals surface area contributed by atoms with Gasteiger partial charge in [-0.3, -0.25) is 4.90 Å². The number of nitriles is 3. The molecule has 1 N–H and O–H groups in total. The molecular formula is C25H29N5. The molecule has 1 fully saturated rings. The number of hydrogen-bond acceptors (Lipinski definition) is 5. The quantitative estimate of drug-likeness (QED) is 0.754. The van der Waals surface area contributed by atoms with Gasteiger partial charge < -0.3 is 5.41 Å². The van der Waals surface area contributed by atoms with Gasteiger partial charge in [0.2, 0.25) is 0 Å². The lowest BCUT2D eigenvalue weighted by molar-refractivity contribution is 0.204. The Morgan fingerprint density at radius 2 is 1.77 bits per heavy atom. The minimum absolute atomic E-state index is 0.000913. The van der Waals surface area contributed by atoms with Gasteiger partial charge in [-0.15, -0.1) is 0 Å². The lowest BCUT2D eigenvalue weighted by atomic mass is 9.54. The van der Waals surface area contributed by atoms with E-state index in [4.69, 9.17) is 5.41 Å². The molecule has 1 unspecified atom stereocenters. The van der Waals surface area contributed by atoms with Crippen LogP contribution >= 0.6 is 0 Å². The Balaban J connectivity index is 2.18. The molecule has 0 amide bonds. The van der Waals surface area contributed by atoms with Gasteiger partial charge in [-0.25, -0.2) is 0 Å². The van der Waals surface area contributed by atoms with Crippen molar-refractivity contribution >= 4 is 5.71 Å². The zero-order valence-corrected chi connectivity index (χ0v) is 18.2. The zero-order valence-electron chi connectivity index (χ0n) is 18.2. The van der Waals surface area contributed by atoms with E-state index in [9.17, 15) is 15.8 Å². The van der Waals surface area contributed by atoms with Crippen LogP contribution in [0.1, 0.15) is 51.2 Å². The van der Waals surface area contributed by atoms with Crippen LogP contribution in [0, 0.1) is 56.7 Å². The topological polar surface area (TPSA) is 98.5 Å². The Bertz CT molecular complexity index is 961. The first-order valence-electron chi connectivity index (χ1n) is 10.6. The number of rotatable bonds is 3. The van der Waals surface area contributed by atoms with Crippen LogP contribution in [0.3, 0.4) is 0 Å². The second kappa shape index (κ2) is 8.06. The summed E-state index contributed by atoms with van der Waals surface area (Å²) in [6.07, 6.45) is 3.07. The Morgan fingerprint density at radius 3 is 2.27 bits per heavy atom. The number of fused-ring (bicyclic) bond motifs is 1. The minimum atomic E-state index is -1.64. The average molecular weight is 400 g/mol. The van der Waals surface area contributed by atoms with E-state index < -0.39 is 17.3 Å². The van der Waals surface area contributed by atoms with E-state index in [0.29, 0.717) is 6.54 Å². The van der Waals surface area contributed by atoms with Gasteiger partial charge in [-0.1, -0.05) is 58.0 Å². The molecule has 1 aromatic rings. The van der Waals surface area contributed by atoms with E-state index in [0.717, 1.165) is 30.6 Å². The summed E-state index contributed by atoms with van der Waals surface area (Å²) in [5, 5.41) is 38.8. The molecule has 3 atom stereocenters. The van der Waals surface area contributed by atoms with Crippen molar-refractivity contribution in [1.82, 2.24) is 4.90 Å². The van der Waals surface area contributed by atoms with Gasteiger partial charge in [0, 0.05) is 24.9 Å². The lowest BCUT2D eigenvalue weighted by Crippen LogP contribution is -2.52. The van der Waals surface area contributed by atoms with Gasteiger partial charge in [0.05, 0.1) is 23.9 Å². The molecule has 1 saturated carbocycles. The van der Waals surface area contributed by atoms with Gasteiger partial charge in [0.15, 0.2) is 5.41 Å². The predicted octanol–water partition coefficient (Wildman–Crippen LogP) is 4.54. The summed E-state index contributed by atoms with van der Waals surface area (Å²) < 4.78 is 0. The maximum atomic E-state index is 10.1. The normalized spacial score (nSPS) is 26.0. The lowest BCUT2D eigenvalue weighted by Gasteiger charge is -2.47. The van der Waals surface area contributed by atoms with Gasteiger partial charge in [-0.2, -0.15) is 15.8 Å². The summed E-state index contributed by atoms with van der Waals surface area (Å²) in [4.78, 5) is 2.31. The summed E-state index contributed by atoms with van der Waals surface area (Å²) in [5.41, 5.74) is 1.26. The maximum absolute atomic E-state index is 10.1. The highest BCUT2D eigenvalue weighted by molar-refractivity contribution is 6.00. The molecule has 0 radical (unpaired) electrons. The highest BCUT2D eigenvalue weighted by Crippen LogP contribution is 2.53. The van der Waals surface area contributed by atoms with E-state index in [1.165, 1.54) is 5.56 Å². The molecule has 1 aromatic carbocycles. The predicted molar refractivity (Wildman–Crippen MR) is 117 cm³/mol. The van der Waals surface area contributed by atoms with Gasteiger partial charge in [0.1, 0.15) is 5.92 Å². The van der Waals surface area contributed by atoms with E-state index in [-0.39, 0.29) is 17.0 Å². The van der Waals surface area contributed by atoms with E-state index in [1.54, 1.807) is 0 Å². The van der Waals surface area contributed by atoms with Crippen LogP contribution in [0.15, 0.2) is 35.9 Å². The number of benzene rings is 1. The summed E-state index contributed by atoms with van der Waals surface area (Å²) in [5.74, 6) is -1.41. The Hall–Kier alpha value is -2.94.